The zero-order valence-corrected chi connectivity index (χ0v) is 19.3. The Morgan fingerprint density at radius 1 is 0.552 bits per heavy atom. The predicted molar refractivity (Wildman–Crippen MR) is 134 cm³/mol. The van der Waals surface area contributed by atoms with Crippen LogP contribution in [0.5, 0.6) is 0 Å². The van der Waals surface area contributed by atoms with Gasteiger partial charge < -0.3 is 0 Å². The SMILES string of the molecule is CCCc1ccc(-c2ccc(-c3ccc(-c4ccc(-c5cccs5)s4)s3)s2)cc1. The first kappa shape index (κ1) is 19.0. The Balaban J connectivity index is 1.37. The van der Waals surface area contributed by atoms with Gasteiger partial charge in [0.2, 0.25) is 0 Å². The van der Waals surface area contributed by atoms with Crippen LogP contribution in [0.15, 0.2) is 78.2 Å². The third kappa shape index (κ3) is 4.03. The van der Waals surface area contributed by atoms with E-state index in [1.165, 1.54) is 51.7 Å². The van der Waals surface area contributed by atoms with E-state index in [1.54, 1.807) is 11.3 Å². The molecule has 0 fully saturated rings. The van der Waals surface area contributed by atoms with Crippen LogP contribution in [0.3, 0.4) is 0 Å². The molecule has 0 spiro atoms. The second kappa shape index (κ2) is 8.41. The Bertz CT molecular complexity index is 1200. The summed E-state index contributed by atoms with van der Waals surface area (Å²) in [7, 11) is 0. The normalized spacial score (nSPS) is 11.2. The molecule has 0 amide bonds. The van der Waals surface area contributed by atoms with Crippen LogP contribution in [0.25, 0.3) is 39.7 Å². The fourth-order valence-corrected chi connectivity index (χ4v) is 7.41. The van der Waals surface area contributed by atoms with E-state index in [2.05, 4.69) is 85.1 Å². The van der Waals surface area contributed by atoms with Gasteiger partial charge >= 0.3 is 0 Å². The van der Waals surface area contributed by atoms with Crippen molar-refractivity contribution in [3.8, 4) is 39.7 Å². The first-order chi connectivity index (χ1) is 14.3. The highest BCUT2D eigenvalue weighted by molar-refractivity contribution is 7.28. The minimum atomic E-state index is 1.16. The van der Waals surface area contributed by atoms with Crippen LogP contribution in [0, 0.1) is 0 Å². The van der Waals surface area contributed by atoms with Gasteiger partial charge in [-0.05, 0) is 65.4 Å². The summed E-state index contributed by atoms with van der Waals surface area (Å²) in [5, 5.41) is 2.14. The predicted octanol–water partition coefficient (Wildman–Crippen LogP) is 9.55. The molecular weight excluding hydrogens is 429 g/mol. The van der Waals surface area contributed by atoms with Gasteiger partial charge in [-0.25, -0.2) is 0 Å². The molecular formula is C25H20S4. The zero-order valence-electron chi connectivity index (χ0n) is 16.1. The van der Waals surface area contributed by atoms with E-state index < -0.39 is 0 Å². The van der Waals surface area contributed by atoms with Crippen molar-refractivity contribution in [2.75, 3.05) is 0 Å². The van der Waals surface area contributed by atoms with Crippen LogP contribution in [-0.4, -0.2) is 0 Å². The van der Waals surface area contributed by atoms with Crippen LogP contribution in [0.1, 0.15) is 18.9 Å². The quantitative estimate of drug-likeness (QED) is 0.242. The van der Waals surface area contributed by atoms with Gasteiger partial charge in [-0.3, -0.25) is 0 Å². The summed E-state index contributed by atoms with van der Waals surface area (Å²) < 4.78 is 0. The van der Waals surface area contributed by atoms with Crippen LogP contribution < -0.4 is 0 Å². The van der Waals surface area contributed by atoms with E-state index in [4.69, 9.17) is 0 Å². The molecule has 0 aliphatic carbocycles. The Labute approximate surface area is 187 Å². The zero-order chi connectivity index (χ0) is 19.6. The minimum Gasteiger partial charge on any atom is -0.143 e. The molecule has 5 aromatic rings. The summed E-state index contributed by atoms with van der Waals surface area (Å²) in [5.41, 5.74) is 2.74. The highest BCUT2D eigenvalue weighted by Crippen LogP contribution is 2.43. The summed E-state index contributed by atoms with van der Waals surface area (Å²) >= 11 is 7.47. The molecule has 0 nitrogen and oxygen atoms in total. The van der Waals surface area contributed by atoms with Crippen molar-refractivity contribution in [2.45, 2.75) is 19.8 Å². The van der Waals surface area contributed by atoms with Crippen LogP contribution >= 0.6 is 45.3 Å². The van der Waals surface area contributed by atoms with Gasteiger partial charge in [-0.2, -0.15) is 0 Å². The molecule has 29 heavy (non-hydrogen) atoms. The molecule has 0 saturated carbocycles. The Hall–Kier alpha value is -1.98. The van der Waals surface area contributed by atoms with Gasteiger partial charge in [0.15, 0.2) is 0 Å². The lowest BCUT2D eigenvalue weighted by molar-refractivity contribution is 0.922. The molecule has 1 aromatic carbocycles. The molecule has 0 unspecified atom stereocenters. The first-order valence-corrected chi connectivity index (χ1v) is 13.1. The number of thiophene rings is 4. The molecule has 4 aromatic heterocycles. The lowest BCUT2D eigenvalue weighted by Crippen LogP contribution is -1.81. The number of rotatable bonds is 6. The molecule has 0 N–H and O–H groups in total. The second-order valence-corrected chi connectivity index (χ2v) is 11.1. The fraction of sp³-hybridized carbons (Fsp3) is 0.120. The maximum Gasteiger partial charge on any atom is 0.0449 e. The Kier molecular flexibility index (Phi) is 5.51. The molecule has 0 radical (unpaired) electrons. The summed E-state index contributed by atoms with van der Waals surface area (Å²) in [4.78, 5) is 9.46. The monoisotopic (exact) mass is 448 g/mol. The highest BCUT2D eigenvalue weighted by Gasteiger charge is 2.11. The fourth-order valence-electron chi connectivity index (χ4n) is 3.37. The second-order valence-electron chi connectivity index (χ2n) is 6.92. The molecule has 5 rings (SSSR count). The molecule has 0 atom stereocenters. The van der Waals surface area contributed by atoms with E-state index in [0.717, 1.165) is 6.42 Å². The standard InChI is InChI=1S/C25H20S4/c1-2-4-17-6-8-18(9-7-17)19-10-11-22(27-19)23-14-15-25(29-23)24-13-12-21(28-24)20-5-3-16-26-20/h3,5-16H,2,4H2,1H3. The van der Waals surface area contributed by atoms with Crippen molar-refractivity contribution in [3.63, 3.8) is 0 Å². The summed E-state index contributed by atoms with van der Waals surface area (Å²) in [6.45, 7) is 2.23. The summed E-state index contributed by atoms with van der Waals surface area (Å²) in [6, 6.07) is 26.9. The highest BCUT2D eigenvalue weighted by atomic mass is 32.1. The van der Waals surface area contributed by atoms with Crippen LogP contribution in [-0.2, 0) is 6.42 Å². The molecule has 4 heteroatoms. The van der Waals surface area contributed by atoms with Crippen molar-refractivity contribution in [1.29, 1.82) is 0 Å². The van der Waals surface area contributed by atoms with Gasteiger partial charge in [0.25, 0.3) is 0 Å². The largest absolute Gasteiger partial charge is 0.143 e. The Morgan fingerprint density at radius 3 is 1.59 bits per heavy atom. The van der Waals surface area contributed by atoms with Crippen molar-refractivity contribution in [2.24, 2.45) is 0 Å². The summed E-state index contributed by atoms with van der Waals surface area (Å²) in [5.74, 6) is 0. The van der Waals surface area contributed by atoms with E-state index in [0.29, 0.717) is 0 Å². The van der Waals surface area contributed by atoms with Gasteiger partial charge in [0.1, 0.15) is 0 Å². The van der Waals surface area contributed by atoms with Crippen molar-refractivity contribution >= 4 is 45.3 Å². The van der Waals surface area contributed by atoms with Crippen LogP contribution in [0.2, 0.25) is 0 Å². The number of hydrogen-bond donors (Lipinski definition) is 0. The van der Waals surface area contributed by atoms with Crippen molar-refractivity contribution in [3.05, 3.63) is 83.7 Å². The third-order valence-corrected chi connectivity index (χ3v) is 9.61. The van der Waals surface area contributed by atoms with Gasteiger partial charge in [-0.1, -0.05) is 43.7 Å². The number of hydrogen-bond acceptors (Lipinski definition) is 4. The molecule has 4 heterocycles. The minimum absolute atomic E-state index is 1.16. The van der Waals surface area contributed by atoms with Crippen LogP contribution in [0.4, 0.5) is 0 Å². The van der Waals surface area contributed by atoms with Crippen molar-refractivity contribution < 1.29 is 0 Å². The topological polar surface area (TPSA) is 0 Å². The first-order valence-electron chi connectivity index (χ1n) is 9.73. The average molecular weight is 449 g/mol. The maximum atomic E-state index is 2.27. The lowest BCUT2D eigenvalue weighted by atomic mass is 10.1. The van der Waals surface area contributed by atoms with Gasteiger partial charge in [0.05, 0.1) is 0 Å². The lowest BCUT2D eigenvalue weighted by Gasteiger charge is -2.01. The third-order valence-electron chi connectivity index (χ3n) is 4.84. The van der Waals surface area contributed by atoms with Gasteiger partial charge in [-0.15, -0.1) is 45.3 Å². The molecule has 0 aliphatic rings. The molecule has 0 bridgehead atoms. The maximum absolute atomic E-state index is 2.27. The van der Waals surface area contributed by atoms with E-state index in [1.807, 2.05) is 34.0 Å². The van der Waals surface area contributed by atoms with Gasteiger partial charge in [0, 0.05) is 34.1 Å². The van der Waals surface area contributed by atoms with E-state index >= 15 is 0 Å². The smallest absolute Gasteiger partial charge is 0.0449 e. The number of benzene rings is 1. The average Bonchev–Trinajstić information content (AvgIpc) is 3.55. The van der Waals surface area contributed by atoms with Crippen molar-refractivity contribution in [1.82, 2.24) is 0 Å². The molecule has 144 valence electrons. The molecule has 0 saturated heterocycles. The number of aryl methyl sites for hydroxylation is 1. The van der Waals surface area contributed by atoms with E-state index in [-0.39, 0.29) is 0 Å². The Morgan fingerprint density at radius 2 is 1.07 bits per heavy atom. The van der Waals surface area contributed by atoms with E-state index in [9.17, 15) is 0 Å². The summed E-state index contributed by atoms with van der Waals surface area (Å²) in [6.07, 6.45) is 2.35. The molecule has 0 aliphatic heterocycles.